The molecule has 0 heterocycles. The van der Waals surface area contributed by atoms with Crippen molar-refractivity contribution in [1.29, 1.82) is 0 Å². The zero-order chi connectivity index (χ0) is 8.43. The van der Waals surface area contributed by atoms with Crippen LogP contribution < -0.4 is 5.73 Å². The maximum Gasteiger partial charge on any atom is 0.170 e. The fraction of sp³-hybridized carbons (Fsp3) is 0. The van der Waals surface area contributed by atoms with Crippen molar-refractivity contribution in [2.24, 2.45) is 0 Å². The second kappa shape index (κ2) is 2.87. The third-order valence-corrected chi connectivity index (χ3v) is 1.90. The summed E-state index contributed by atoms with van der Waals surface area (Å²) in [7, 11) is -2.75. The van der Waals surface area contributed by atoms with Gasteiger partial charge in [-0.15, -0.1) is 0 Å². The van der Waals surface area contributed by atoms with Gasteiger partial charge in [0, 0.05) is 6.07 Å². The number of nitrogens with two attached hydrogens (primary N) is 1. The molecule has 1 aromatic rings. The van der Waals surface area contributed by atoms with Gasteiger partial charge < -0.3 is 5.73 Å². The Hall–Kier alpha value is -1.10. The second-order valence-electron chi connectivity index (χ2n) is 1.88. The summed E-state index contributed by atoms with van der Waals surface area (Å²) >= 11 is 0. The maximum atomic E-state index is 12.3. The minimum atomic E-state index is -2.75. The van der Waals surface area contributed by atoms with E-state index in [2.05, 4.69) is 6.07 Å². The molecular formula is C6H5FNO2S. The van der Waals surface area contributed by atoms with E-state index >= 15 is 0 Å². The summed E-state index contributed by atoms with van der Waals surface area (Å²) in [5.74, 6) is -0.664. The Balaban J connectivity index is 3.31. The number of thiol groups is 1. The summed E-state index contributed by atoms with van der Waals surface area (Å²) in [5, 5.41) is 0. The first-order valence-electron chi connectivity index (χ1n) is 2.72. The Bertz CT molecular complexity index is 340. The number of hydrogen-bond acceptors (Lipinski definition) is 3. The molecule has 0 spiro atoms. The molecule has 0 saturated heterocycles. The van der Waals surface area contributed by atoms with Crippen molar-refractivity contribution in [2.75, 3.05) is 5.73 Å². The van der Waals surface area contributed by atoms with E-state index in [1.807, 2.05) is 0 Å². The predicted octanol–water partition coefficient (Wildman–Crippen LogP) is 0.178. The number of benzene rings is 1. The third kappa shape index (κ3) is 1.68. The van der Waals surface area contributed by atoms with Crippen molar-refractivity contribution in [2.45, 2.75) is 4.90 Å². The van der Waals surface area contributed by atoms with Crippen molar-refractivity contribution < 1.29 is 12.8 Å². The van der Waals surface area contributed by atoms with Crippen LogP contribution in [-0.2, 0) is 10.7 Å². The molecule has 2 N–H and O–H groups in total. The Kier molecular flexibility index (Phi) is 2.09. The number of hydrogen-bond donors (Lipinski definition) is 2. The molecule has 0 bridgehead atoms. The number of anilines is 1. The monoisotopic (exact) mass is 174 g/mol. The van der Waals surface area contributed by atoms with Gasteiger partial charge >= 0.3 is 0 Å². The van der Waals surface area contributed by atoms with E-state index in [0.717, 1.165) is 12.1 Å². The van der Waals surface area contributed by atoms with E-state index in [-0.39, 0.29) is 10.6 Å². The van der Waals surface area contributed by atoms with Crippen molar-refractivity contribution in [1.82, 2.24) is 0 Å². The fourth-order valence-electron chi connectivity index (χ4n) is 0.631. The molecule has 1 aromatic carbocycles. The maximum absolute atomic E-state index is 12.3. The minimum absolute atomic E-state index is 0.0858. The van der Waals surface area contributed by atoms with Crippen LogP contribution in [-0.4, -0.2) is 8.42 Å². The van der Waals surface area contributed by atoms with Crippen LogP contribution in [0.5, 0.6) is 0 Å². The van der Waals surface area contributed by atoms with Crippen LogP contribution in [0.25, 0.3) is 0 Å². The molecule has 0 amide bonds. The highest BCUT2D eigenvalue weighted by atomic mass is 32.2. The summed E-state index contributed by atoms with van der Waals surface area (Å²) < 4.78 is 33.0. The van der Waals surface area contributed by atoms with Crippen molar-refractivity contribution in [3.63, 3.8) is 0 Å². The number of nitrogen functional groups attached to an aromatic ring is 1. The van der Waals surface area contributed by atoms with E-state index in [9.17, 15) is 12.8 Å². The lowest BCUT2D eigenvalue weighted by molar-refractivity contribution is 0.612. The molecule has 1 rings (SSSR count). The largest absolute Gasteiger partial charge is 0.398 e. The van der Waals surface area contributed by atoms with Crippen molar-refractivity contribution in [3.05, 3.63) is 24.0 Å². The molecular weight excluding hydrogens is 169 g/mol. The van der Waals surface area contributed by atoms with Crippen LogP contribution in [0.4, 0.5) is 10.1 Å². The van der Waals surface area contributed by atoms with Gasteiger partial charge in [-0.05, 0) is 12.1 Å². The Morgan fingerprint density at radius 3 is 2.64 bits per heavy atom. The van der Waals surface area contributed by atoms with Crippen LogP contribution in [0.1, 0.15) is 0 Å². The van der Waals surface area contributed by atoms with Crippen molar-refractivity contribution in [3.8, 4) is 0 Å². The lowest BCUT2D eigenvalue weighted by atomic mass is 10.3. The van der Waals surface area contributed by atoms with Crippen LogP contribution in [0.3, 0.4) is 0 Å². The third-order valence-electron chi connectivity index (χ3n) is 1.12. The van der Waals surface area contributed by atoms with E-state index in [4.69, 9.17) is 5.73 Å². The number of rotatable bonds is 1. The molecule has 1 radical (unpaired) electrons. The molecule has 0 unspecified atom stereocenters. The van der Waals surface area contributed by atoms with E-state index in [1.165, 1.54) is 0 Å². The molecule has 0 atom stereocenters. The molecule has 59 valence electrons. The first-order valence-corrected chi connectivity index (χ1v) is 3.90. The van der Waals surface area contributed by atoms with E-state index in [1.54, 1.807) is 0 Å². The molecule has 0 saturated carbocycles. The molecule has 0 fully saturated rings. The highest BCUT2D eigenvalue weighted by molar-refractivity contribution is 7.72. The number of halogens is 1. The minimum Gasteiger partial charge on any atom is -0.398 e. The lowest BCUT2D eigenvalue weighted by Crippen LogP contribution is -1.93. The summed E-state index contributed by atoms with van der Waals surface area (Å²) in [6.45, 7) is 0. The van der Waals surface area contributed by atoms with Gasteiger partial charge in [-0.1, -0.05) is 0 Å². The second-order valence-corrected chi connectivity index (χ2v) is 2.87. The Labute approximate surface area is 64.6 Å². The van der Waals surface area contributed by atoms with Gasteiger partial charge in [0.2, 0.25) is 0 Å². The molecule has 3 nitrogen and oxygen atoms in total. The van der Waals surface area contributed by atoms with E-state index in [0.29, 0.717) is 0 Å². The average Bonchev–Trinajstić information content (AvgIpc) is 1.85. The van der Waals surface area contributed by atoms with Gasteiger partial charge in [0.15, 0.2) is 10.7 Å². The molecule has 11 heavy (non-hydrogen) atoms. The molecule has 0 aliphatic rings. The van der Waals surface area contributed by atoms with E-state index < -0.39 is 16.5 Å². The summed E-state index contributed by atoms with van der Waals surface area (Å²) in [4.78, 5) is -0.0959. The zero-order valence-electron chi connectivity index (χ0n) is 5.37. The van der Waals surface area contributed by atoms with Gasteiger partial charge in [0.1, 0.15) is 5.82 Å². The standard InChI is InChI=1S/C6H5FNO2S/c7-4-1-2-6(11(9)10)5(8)3-4/h2-3,11H,8H2. The Morgan fingerprint density at radius 2 is 2.18 bits per heavy atom. The fourth-order valence-corrected chi connectivity index (χ4v) is 1.08. The SMILES string of the molecule is Nc1cc(F)[c]cc1[SH](=O)=O. The van der Waals surface area contributed by atoms with Crippen LogP contribution in [0, 0.1) is 11.9 Å². The smallest absolute Gasteiger partial charge is 0.170 e. The van der Waals surface area contributed by atoms with Gasteiger partial charge in [0.25, 0.3) is 0 Å². The summed E-state index contributed by atoms with van der Waals surface area (Å²) in [5.41, 5.74) is 5.09. The first-order chi connectivity index (χ1) is 5.11. The van der Waals surface area contributed by atoms with Gasteiger partial charge in [0.05, 0.1) is 10.6 Å². The molecule has 0 aromatic heterocycles. The molecule has 0 aliphatic carbocycles. The van der Waals surface area contributed by atoms with Gasteiger partial charge in [-0.2, -0.15) is 0 Å². The Morgan fingerprint density at radius 1 is 1.55 bits per heavy atom. The van der Waals surface area contributed by atoms with Gasteiger partial charge in [-0.25, -0.2) is 12.8 Å². The average molecular weight is 174 g/mol. The summed E-state index contributed by atoms with van der Waals surface area (Å²) in [6.07, 6.45) is 0. The van der Waals surface area contributed by atoms with Crippen molar-refractivity contribution >= 4 is 16.4 Å². The quantitative estimate of drug-likeness (QED) is 0.471. The zero-order valence-corrected chi connectivity index (χ0v) is 6.27. The summed E-state index contributed by atoms with van der Waals surface area (Å²) in [6, 6.07) is 4.02. The molecule has 0 aliphatic heterocycles. The topological polar surface area (TPSA) is 60.2 Å². The predicted molar refractivity (Wildman–Crippen MR) is 38.2 cm³/mol. The lowest BCUT2D eigenvalue weighted by Gasteiger charge is -1.95. The van der Waals surface area contributed by atoms with Gasteiger partial charge in [-0.3, -0.25) is 0 Å². The molecule has 5 heteroatoms. The van der Waals surface area contributed by atoms with Crippen LogP contribution in [0.2, 0.25) is 0 Å². The normalized spacial score (nSPS) is 10.4. The first kappa shape index (κ1) is 8.00. The van der Waals surface area contributed by atoms with Crippen LogP contribution in [0.15, 0.2) is 17.0 Å². The highest BCUT2D eigenvalue weighted by Crippen LogP contribution is 2.13. The highest BCUT2D eigenvalue weighted by Gasteiger charge is 2.01. The van der Waals surface area contributed by atoms with Crippen LogP contribution >= 0.6 is 0 Å².